The number of halogens is 1. The summed E-state index contributed by atoms with van der Waals surface area (Å²) in [5.41, 5.74) is 2.49. The molecule has 3 heteroatoms. The summed E-state index contributed by atoms with van der Waals surface area (Å²) >= 11 is 5.54. The second kappa shape index (κ2) is 3.47. The minimum atomic E-state index is -0.179. The van der Waals surface area contributed by atoms with Gasteiger partial charge >= 0.3 is 0 Å². The van der Waals surface area contributed by atoms with E-state index in [4.69, 9.17) is 16.9 Å². The minimum Gasteiger partial charge on any atom is -0.285 e. The van der Waals surface area contributed by atoms with Crippen molar-refractivity contribution in [2.24, 2.45) is 0 Å². The summed E-state index contributed by atoms with van der Waals surface area (Å²) in [4.78, 5) is 2.07. The molecule has 0 amide bonds. The number of likely N-dealkylation sites (N-methyl/N-ethyl adjacent to an activating group) is 1. The lowest BCUT2D eigenvalue weighted by Gasteiger charge is -2.21. The van der Waals surface area contributed by atoms with Gasteiger partial charge in [0.1, 0.15) is 5.54 Å². The summed E-state index contributed by atoms with van der Waals surface area (Å²) in [5.74, 6) is 0. The Morgan fingerprint density at radius 3 is 2.67 bits per heavy atom. The Morgan fingerprint density at radius 1 is 1.75 bits per heavy atom. The topological polar surface area (TPSA) is 27.0 Å². The van der Waals surface area contributed by atoms with Crippen molar-refractivity contribution in [3.05, 3.63) is 11.1 Å². The van der Waals surface area contributed by atoms with E-state index in [9.17, 15) is 0 Å². The first kappa shape index (κ1) is 9.57. The zero-order valence-corrected chi connectivity index (χ0v) is 8.23. The Kier molecular flexibility index (Phi) is 2.76. The van der Waals surface area contributed by atoms with Gasteiger partial charge < -0.3 is 0 Å². The first-order valence-electron chi connectivity index (χ1n) is 4.03. The van der Waals surface area contributed by atoms with Crippen LogP contribution < -0.4 is 0 Å². The van der Waals surface area contributed by atoms with Crippen LogP contribution in [0.2, 0.25) is 0 Å². The zero-order valence-electron chi connectivity index (χ0n) is 7.47. The van der Waals surface area contributed by atoms with Crippen LogP contribution in [0.1, 0.15) is 19.8 Å². The van der Waals surface area contributed by atoms with Crippen molar-refractivity contribution >= 4 is 11.6 Å². The van der Waals surface area contributed by atoms with Gasteiger partial charge in [-0.3, -0.25) is 4.90 Å². The monoisotopic (exact) mass is 184 g/mol. The molecule has 0 spiro atoms. The van der Waals surface area contributed by atoms with Crippen LogP contribution in [-0.4, -0.2) is 24.0 Å². The second-order valence-electron chi connectivity index (χ2n) is 3.45. The molecule has 1 fully saturated rings. The van der Waals surface area contributed by atoms with Crippen LogP contribution >= 0.6 is 11.6 Å². The summed E-state index contributed by atoms with van der Waals surface area (Å²) in [6.07, 6.45) is 1.99. The molecule has 12 heavy (non-hydrogen) atoms. The fraction of sp³-hybridized carbons (Fsp3) is 0.667. The standard InChI is InChI=1S/C9H13ClN2/c1-8(5-10)6-12(2)9(7-11)3-4-9/h5H,3-4,6H2,1-2H3/b8-5+. The molecule has 1 saturated carbocycles. The van der Waals surface area contributed by atoms with E-state index in [2.05, 4.69) is 11.0 Å². The predicted molar refractivity (Wildman–Crippen MR) is 49.8 cm³/mol. The molecule has 2 nitrogen and oxygen atoms in total. The average Bonchev–Trinajstić information content (AvgIpc) is 2.84. The van der Waals surface area contributed by atoms with E-state index in [1.54, 1.807) is 5.54 Å². The Bertz CT molecular complexity index is 235. The maximum Gasteiger partial charge on any atom is 0.109 e. The fourth-order valence-corrected chi connectivity index (χ4v) is 1.33. The van der Waals surface area contributed by atoms with Crippen LogP contribution in [0.3, 0.4) is 0 Å². The molecule has 0 aromatic rings. The van der Waals surface area contributed by atoms with Crippen molar-refractivity contribution in [3.8, 4) is 6.07 Å². The molecule has 0 radical (unpaired) electrons. The largest absolute Gasteiger partial charge is 0.285 e. The van der Waals surface area contributed by atoms with Crippen molar-refractivity contribution in [1.82, 2.24) is 4.90 Å². The Labute approximate surface area is 78.4 Å². The summed E-state index contributed by atoms with van der Waals surface area (Å²) in [5, 5.41) is 8.87. The van der Waals surface area contributed by atoms with Crippen LogP contribution in [-0.2, 0) is 0 Å². The maximum absolute atomic E-state index is 8.87. The predicted octanol–water partition coefficient (Wildman–Crippen LogP) is 2.12. The van der Waals surface area contributed by atoms with Crippen LogP contribution in [0.15, 0.2) is 11.1 Å². The normalized spacial score (nSPS) is 20.8. The van der Waals surface area contributed by atoms with Gasteiger partial charge in [-0.2, -0.15) is 5.26 Å². The average molecular weight is 185 g/mol. The van der Waals surface area contributed by atoms with Gasteiger partial charge in [0.2, 0.25) is 0 Å². The smallest absolute Gasteiger partial charge is 0.109 e. The highest BCUT2D eigenvalue weighted by atomic mass is 35.5. The first-order chi connectivity index (χ1) is 5.64. The van der Waals surface area contributed by atoms with E-state index in [1.807, 2.05) is 14.0 Å². The molecule has 0 saturated heterocycles. The van der Waals surface area contributed by atoms with Crippen molar-refractivity contribution in [2.75, 3.05) is 13.6 Å². The SMILES string of the molecule is C/C(=C\Cl)CN(C)C1(C#N)CC1. The van der Waals surface area contributed by atoms with Gasteiger partial charge in [0, 0.05) is 12.1 Å². The lowest BCUT2D eigenvalue weighted by atomic mass is 10.2. The van der Waals surface area contributed by atoms with Crippen LogP contribution in [0.5, 0.6) is 0 Å². The van der Waals surface area contributed by atoms with E-state index in [0.29, 0.717) is 0 Å². The summed E-state index contributed by atoms with van der Waals surface area (Å²) in [6, 6.07) is 2.34. The molecular weight excluding hydrogens is 172 g/mol. The zero-order chi connectivity index (χ0) is 9.19. The van der Waals surface area contributed by atoms with Gasteiger partial charge in [-0.1, -0.05) is 11.6 Å². The van der Waals surface area contributed by atoms with E-state index in [0.717, 1.165) is 25.0 Å². The van der Waals surface area contributed by atoms with E-state index in [1.165, 1.54) is 0 Å². The van der Waals surface area contributed by atoms with Crippen molar-refractivity contribution < 1.29 is 0 Å². The Balaban J connectivity index is 2.50. The van der Waals surface area contributed by atoms with Gasteiger partial charge in [-0.25, -0.2) is 0 Å². The summed E-state index contributed by atoms with van der Waals surface area (Å²) in [6.45, 7) is 2.76. The molecule has 1 aliphatic rings. The van der Waals surface area contributed by atoms with Gasteiger partial charge in [-0.05, 0) is 32.4 Å². The lowest BCUT2D eigenvalue weighted by Crippen LogP contribution is -2.33. The second-order valence-corrected chi connectivity index (χ2v) is 3.67. The Morgan fingerprint density at radius 2 is 2.33 bits per heavy atom. The van der Waals surface area contributed by atoms with Crippen LogP contribution in [0.25, 0.3) is 0 Å². The third kappa shape index (κ3) is 1.80. The summed E-state index contributed by atoms with van der Waals surface area (Å²) in [7, 11) is 1.97. The lowest BCUT2D eigenvalue weighted by molar-refractivity contribution is 0.293. The molecule has 0 N–H and O–H groups in total. The number of rotatable bonds is 3. The molecule has 0 aromatic heterocycles. The highest BCUT2D eigenvalue weighted by Crippen LogP contribution is 2.40. The highest BCUT2D eigenvalue weighted by Gasteiger charge is 2.46. The van der Waals surface area contributed by atoms with Gasteiger partial charge in [0.15, 0.2) is 0 Å². The highest BCUT2D eigenvalue weighted by molar-refractivity contribution is 6.25. The third-order valence-electron chi connectivity index (χ3n) is 2.34. The molecule has 1 aliphatic carbocycles. The minimum absolute atomic E-state index is 0.179. The molecule has 0 unspecified atom stereocenters. The number of nitrogens with zero attached hydrogens (tertiary/aromatic N) is 2. The van der Waals surface area contributed by atoms with Crippen LogP contribution in [0.4, 0.5) is 0 Å². The van der Waals surface area contributed by atoms with E-state index >= 15 is 0 Å². The molecule has 0 heterocycles. The molecular formula is C9H13ClN2. The summed E-state index contributed by atoms with van der Waals surface area (Å²) < 4.78 is 0. The number of hydrogen-bond acceptors (Lipinski definition) is 2. The van der Waals surface area contributed by atoms with Crippen LogP contribution in [0, 0.1) is 11.3 Å². The van der Waals surface area contributed by atoms with Crippen molar-refractivity contribution in [2.45, 2.75) is 25.3 Å². The molecule has 0 aromatic carbocycles. The van der Waals surface area contributed by atoms with Gasteiger partial charge in [-0.15, -0.1) is 0 Å². The number of hydrogen-bond donors (Lipinski definition) is 0. The van der Waals surface area contributed by atoms with Crippen molar-refractivity contribution in [3.63, 3.8) is 0 Å². The Hall–Kier alpha value is -0.520. The van der Waals surface area contributed by atoms with Gasteiger partial charge in [0.05, 0.1) is 6.07 Å². The molecule has 0 bridgehead atoms. The molecule has 1 rings (SSSR count). The quantitative estimate of drug-likeness (QED) is 0.672. The molecule has 0 atom stereocenters. The maximum atomic E-state index is 8.87. The third-order valence-corrected chi connectivity index (χ3v) is 2.71. The number of nitriles is 1. The molecule has 66 valence electrons. The fourth-order valence-electron chi connectivity index (χ4n) is 1.26. The first-order valence-corrected chi connectivity index (χ1v) is 4.46. The molecule has 0 aliphatic heterocycles. The van der Waals surface area contributed by atoms with E-state index in [-0.39, 0.29) is 5.54 Å². The van der Waals surface area contributed by atoms with Crippen molar-refractivity contribution in [1.29, 1.82) is 5.26 Å². The van der Waals surface area contributed by atoms with Gasteiger partial charge in [0.25, 0.3) is 0 Å². The van der Waals surface area contributed by atoms with E-state index < -0.39 is 0 Å².